The van der Waals surface area contributed by atoms with Crippen LogP contribution in [0.1, 0.15) is 32.1 Å². The maximum absolute atomic E-state index is 11.4. The van der Waals surface area contributed by atoms with Crippen LogP contribution in [0.3, 0.4) is 0 Å². The largest absolute Gasteiger partial charge is 0.481 e. The van der Waals surface area contributed by atoms with E-state index in [9.17, 15) is 9.59 Å². The van der Waals surface area contributed by atoms with Crippen molar-refractivity contribution in [2.75, 3.05) is 11.5 Å². The van der Waals surface area contributed by atoms with Gasteiger partial charge in [-0.2, -0.15) is 11.8 Å². The third-order valence-electron chi connectivity index (χ3n) is 2.34. The summed E-state index contributed by atoms with van der Waals surface area (Å²) in [6.45, 7) is 0. The molecular weight excluding hydrogens is 214 g/mol. The molecule has 1 atom stereocenters. The van der Waals surface area contributed by atoms with Crippen LogP contribution in [-0.4, -0.2) is 34.5 Å². The van der Waals surface area contributed by atoms with E-state index in [1.165, 1.54) is 0 Å². The number of carbonyl (C=O) groups is 2. The van der Waals surface area contributed by atoms with Gasteiger partial charge in [-0.15, -0.1) is 0 Å². The molecule has 0 bridgehead atoms. The molecule has 1 amide bonds. The average molecular weight is 231 g/mol. The Morgan fingerprint density at radius 2 is 2.07 bits per heavy atom. The van der Waals surface area contributed by atoms with Crippen LogP contribution in [0.5, 0.6) is 0 Å². The van der Waals surface area contributed by atoms with Gasteiger partial charge in [0, 0.05) is 24.6 Å². The molecule has 1 saturated heterocycles. The van der Waals surface area contributed by atoms with Gasteiger partial charge in [-0.05, 0) is 25.0 Å². The number of carbonyl (C=O) groups excluding carboxylic acids is 1. The van der Waals surface area contributed by atoms with Crippen molar-refractivity contribution < 1.29 is 14.7 Å². The van der Waals surface area contributed by atoms with Gasteiger partial charge in [0.25, 0.3) is 0 Å². The Labute approximate surface area is 93.8 Å². The van der Waals surface area contributed by atoms with E-state index in [0.29, 0.717) is 25.3 Å². The van der Waals surface area contributed by atoms with Gasteiger partial charge in [-0.1, -0.05) is 0 Å². The van der Waals surface area contributed by atoms with Gasteiger partial charge in [0.05, 0.1) is 0 Å². The van der Waals surface area contributed by atoms with Crippen LogP contribution in [0.2, 0.25) is 0 Å². The van der Waals surface area contributed by atoms with Crippen LogP contribution < -0.4 is 5.32 Å². The molecule has 2 N–H and O–H groups in total. The van der Waals surface area contributed by atoms with Crippen molar-refractivity contribution in [1.29, 1.82) is 0 Å². The smallest absolute Gasteiger partial charge is 0.303 e. The summed E-state index contributed by atoms with van der Waals surface area (Å²) in [6, 6.07) is 0.335. The molecule has 0 aliphatic carbocycles. The van der Waals surface area contributed by atoms with Crippen LogP contribution in [0.15, 0.2) is 0 Å². The van der Waals surface area contributed by atoms with Gasteiger partial charge in [0.2, 0.25) is 5.91 Å². The fraction of sp³-hybridized carbons (Fsp3) is 0.800. The second-order valence-corrected chi connectivity index (χ2v) is 4.88. The van der Waals surface area contributed by atoms with E-state index in [-0.39, 0.29) is 12.3 Å². The van der Waals surface area contributed by atoms with E-state index in [1.54, 1.807) is 0 Å². The zero-order valence-corrected chi connectivity index (χ0v) is 9.52. The summed E-state index contributed by atoms with van der Waals surface area (Å²) in [5, 5.41) is 11.4. The number of hydrogen-bond donors (Lipinski definition) is 2. The predicted molar refractivity (Wildman–Crippen MR) is 60.0 cm³/mol. The standard InChI is InChI=1S/C10H17NO3S/c12-9(3-1-2-4-10(13)14)11-8-5-6-15-7-8/h8H,1-7H2,(H,11,12)(H,13,14). The van der Waals surface area contributed by atoms with Crippen LogP contribution >= 0.6 is 11.8 Å². The highest BCUT2D eigenvalue weighted by Gasteiger charge is 2.16. The minimum atomic E-state index is -0.789. The lowest BCUT2D eigenvalue weighted by atomic mass is 10.1. The van der Waals surface area contributed by atoms with E-state index >= 15 is 0 Å². The Balaban J connectivity index is 2.00. The molecule has 15 heavy (non-hydrogen) atoms. The lowest BCUT2D eigenvalue weighted by Gasteiger charge is -2.10. The van der Waals surface area contributed by atoms with E-state index in [1.807, 2.05) is 11.8 Å². The highest BCUT2D eigenvalue weighted by molar-refractivity contribution is 7.99. The average Bonchev–Trinajstić information content (AvgIpc) is 2.64. The van der Waals surface area contributed by atoms with Crippen LogP contribution in [0.25, 0.3) is 0 Å². The second kappa shape index (κ2) is 6.71. The summed E-state index contributed by atoms with van der Waals surface area (Å²) in [5.74, 6) is 1.42. The van der Waals surface area contributed by atoms with Crippen LogP contribution in [0.4, 0.5) is 0 Å². The number of thioether (sulfide) groups is 1. The third kappa shape index (κ3) is 5.67. The Kier molecular flexibility index (Phi) is 5.53. The normalized spacial score (nSPS) is 20.1. The summed E-state index contributed by atoms with van der Waals surface area (Å²) in [6.07, 6.45) is 2.92. The molecule has 1 aliphatic rings. The number of amides is 1. The van der Waals surface area contributed by atoms with Gasteiger partial charge in [-0.25, -0.2) is 0 Å². The van der Waals surface area contributed by atoms with Crippen molar-refractivity contribution in [2.24, 2.45) is 0 Å². The molecule has 1 rings (SSSR count). The summed E-state index contributed by atoms with van der Waals surface area (Å²) in [5.41, 5.74) is 0. The monoisotopic (exact) mass is 231 g/mol. The molecule has 5 heteroatoms. The molecule has 0 radical (unpaired) electrons. The number of unbranched alkanes of at least 4 members (excludes halogenated alkanes) is 1. The lowest BCUT2D eigenvalue weighted by Crippen LogP contribution is -2.34. The maximum Gasteiger partial charge on any atom is 0.303 e. The number of rotatable bonds is 6. The van der Waals surface area contributed by atoms with Crippen molar-refractivity contribution in [3.05, 3.63) is 0 Å². The van der Waals surface area contributed by atoms with Crippen LogP contribution in [0, 0.1) is 0 Å². The summed E-state index contributed by atoms with van der Waals surface area (Å²) in [7, 11) is 0. The summed E-state index contributed by atoms with van der Waals surface area (Å²) < 4.78 is 0. The molecule has 0 saturated carbocycles. The van der Waals surface area contributed by atoms with Crippen molar-refractivity contribution in [2.45, 2.75) is 38.1 Å². The molecule has 0 aromatic rings. The van der Waals surface area contributed by atoms with Gasteiger partial charge >= 0.3 is 5.97 Å². The van der Waals surface area contributed by atoms with Crippen molar-refractivity contribution in [3.63, 3.8) is 0 Å². The second-order valence-electron chi connectivity index (χ2n) is 3.73. The predicted octanol–water partition coefficient (Wildman–Crippen LogP) is 1.25. The molecule has 1 heterocycles. The number of nitrogens with one attached hydrogen (secondary N) is 1. The van der Waals surface area contributed by atoms with E-state index in [4.69, 9.17) is 5.11 Å². The summed E-state index contributed by atoms with van der Waals surface area (Å²) >= 11 is 1.86. The lowest BCUT2D eigenvalue weighted by molar-refractivity contribution is -0.137. The first-order valence-electron chi connectivity index (χ1n) is 5.27. The number of hydrogen-bond acceptors (Lipinski definition) is 3. The zero-order valence-electron chi connectivity index (χ0n) is 8.70. The topological polar surface area (TPSA) is 66.4 Å². The first kappa shape index (κ1) is 12.4. The highest BCUT2D eigenvalue weighted by Crippen LogP contribution is 2.17. The van der Waals surface area contributed by atoms with E-state index in [2.05, 4.69) is 5.32 Å². The molecule has 1 fully saturated rings. The Morgan fingerprint density at radius 1 is 1.33 bits per heavy atom. The fourth-order valence-corrected chi connectivity index (χ4v) is 2.66. The molecular formula is C10H17NO3S. The fourth-order valence-electron chi connectivity index (χ4n) is 1.51. The van der Waals surface area contributed by atoms with Gasteiger partial charge < -0.3 is 10.4 Å². The number of carboxylic acids is 1. The van der Waals surface area contributed by atoms with E-state index in [0.717, 1.165) is 17.9 Å². The van der Waals surface area contributed by atoms with E-state index < -0.39 is 5.97 Å². The minimum absolute atomic E-state index is 0.0629. The zero-order chi connectivity index (χ0) is 11.1. The Morgan fingerprint density at radius 3 is 2.67 bits per heavy atom. The molecule has 1 unspecified atom stereocenters. The minimum Gasteiger partial charge on any atom is -0.481 e. The molecule has 0 spiro atoms. The quantitative estimate of drug-likeness (QED) is 0.675. The molecule has 4 nitrogen and oxygen atoms in total. The number of aliphatic carboxylic acids is 1. The van der Waals surface area contributed by atoms with Gasteiger partial charge in [0.1, 0.15) is 0 Å². The van der Waals surface area contributed by atoms with Gasteiger partial charge in [-0.3, -0.25) is 9.59 Å². The Hall–Kier alpha value is -0.710. The summed E-state index contributed by atoms with van der Waals surface area (Å²) in [4.78, 5) is 21.6. The highest BCUT2D eigenvalue weighted by atomic mass is 32.2. The van der Waals surface area contributed by atoms with Crippen molar-refractivity contribution >= 4 is 23.6 Å². The van der Waals surface area contributed by atoms with Crippen molar-refractivity contribution in [1.82, 2.24) is 5.32 Å². The first-order valence-corrected chi connectivity index (χ1v) is 6.43. The Bertz CT molecular complexity index is 227. The molecule has 86 valence electrons. The van der Waals surface area contributed by atoms with Crippen LogP contribution in [-0.2, 0) is 9.59 Å². The maximum atomic E-state index is 11.4. The third-order valence-corrected chi connectivity index (χ3v) is 3.50. The number of carboxylic acid groups (broad SMARTS) is 1. The van der Waals surface area contributed by atoms with Gasteiger partial charge in [0.15, 0.2) is 0 Å². The molecule has 0 aromatic carbocycles. The first-order chi connectivity index (χ1) is 7.18. The molecule has 0 aromatic heterocycles. The molecule has 1 aliphatic heterocycles. The SMILES string of the molecule is O=C(O)CCCCC(=O)NC1CCSC1. The van der Waals surface area contributed by atoms with Crippen molar-refractivity contribution in [3.8, 4) is 0 Å².